The molecular formula is C12H15NO. The maximum atomic E-state index is 11.3. The van der Waals surface area contributed by atoms with Crippen LogP contribution in [-0.4, -0.2) is 12.5 Å². The van der Waals surface area contributed by atoms with Crippen LogP contribution in [0.15, 0.2) is 30.8 Å². The molecule has 0 bridgehead atoms. The topological polar surface area (TPSA) is 29.1 Å². The van der Waals surface area contributed by atoms with Crippen LogP contribution in [0.2, 0.25) is 0 Å². The van der Waals surface area contributed by atoms with Crippen LogP contribution in [0.25, 0.3) is 6.08 Å². The fourth-order valence-corrected chi connectivity index (χ4v) is 1.28. The third-order valence-electron chi connectivity index (χ3n) is 1.93. The van der Waals surface area contributed by atoms with Crippen molar-refractivity contribution in [3.63, 3.8) is 0 Å². The molecule has 1 N–H and O–H groups in total. The quantitative estimate of drug-likeness (QED) is 0.771. The van der Waals surface area contributed by atoms with Crippen molar-refractivity contribution >= 4 is 12.0 Å². The molecule has 0 fully saturated rings. The van der Waals surface area contributed by atoms with Crippen molar-refractivity contribution in [2.75, 3.05) is 6.54 Å². The molecule has 2 heteroatoms. The second-order valence-corrected chi connectivity index (χ2v) is 3.08. The zero-order valence-corrected chi connectivity index (χ0v) is 8.42. The summed E-state index contributed by atoms with van der Waals surface area (Å²) >= 11 is 0. The van der Waals surface area contributed by atoms with Gasteiger partial charge in [0, 0.05) is 6.54 Å². The molecule has 0 aliphatic heterocycles. The van der Waals surface area contributed by atoms with E-state index in [4.69, 9.17) is 0 Å². The first-order valence-electron chi connectivity index (χ1n) is 4.74. The average molecular weight is 189 g/mol. The predicted molar refractivity (Wildman–Crippen MR) is 58.9 cm³/mol. The van der Waals surface area contributed by atoms with E-state index in [1.807, 2.05) is 31.2 Å². The Bertz CT molecular complexity index is 331. The van der Waals surface area contributed by atoms with Crippen LogP contribution in [0, 0.1) is 0 Å². The second-order valence-electron chi connectivity index (χ2n) is 3.08. The van der Waals surface area contributed by atoms with E-state index in [9.17, 15) is 4.79 Å². The van der Waals surface area contributed by atoms with Gasteiger partial charge in [-0.25, -0.2) is 0 Å². The fraction of sp³-hybridized carbons (Fsp3) is 0.250. The minimum Gasteiger partial charge on any atom is -0.356 e. The van der Waals surface area contributed by atoms with E-state index >= 15 is 0 Å². The SMILES string of the molecule is C=Cc1cccc(CC(=O)NCC)c1. The van der Waals surface area contributed by atoms with E-state index in [-0.39, 0.29) is 5.91 Å². The molecular weight excluding hydrogens is 174 g/mol. The lowest BCUT2D eigenvalue weighted by Crippen LogP contribution is -2.24. The number of amides is 1. The van der Waals surface area contributed by atoms with Crippen LogP contribution < -0.4 is 5.32 Å². The van der Waals surface area contributed by atoms with Crippen molar-refractivity contribution < 1.29 is 4.79 Å². The highest BCUT2D eigenvalue weighted by atomic mass is 16.1. The van der Waals surface area contributed by atoms with Crippen molar-refractivity contribution in [2.24, 2.45) is 0 Å². The van der Waals surface area contributed by atoms with Crippen LogP contribution in [-0.2, 0) is 11.2 Å². The molecule has 0 unspecified atom stereocenters. The number of carbonyl (C=O) groups excluding carboxylic acids is 1. The van der Waals surface area contributed by atoms with Crippen LogP contribution in [0.3, 0.4) is 0 Å². The summed E-state index contributed by atoms with van der Waals surface area (Å²) in [6.45, 7) is 6.28. The monoisotopic (exact) mass is 189 g/mol. The molecule has 74 valence electrons. The van der Waals surface area contributed by atoms with Gasteiger partial charge in [-0.1, -0.05) is 36.9 Å². The highest BCUT2D eigenvalue weighted by molar-refractivity contribution is 5.78. The minimum absolute atomic E-state index is 0.0636. The lowest BCUT2D eigenvalue weighted by molar-refractivity contribution is -0.120. The summed E-state index contributed by atoms with van der Waals surface area (Å²) in [6, 6.07) is 7.82. The molecule has 0 saturated heterocycles. The van der Waals surface area contributed by atoms with Crippen molar-refractivity contribution in [3.8, 4) is 0 Å². The number of rotatable bonds is 4. The van der Waals surface area contributed by atoms with E-state index in [0.29, 0.717) is 13.0 Å². The fourth-order valence-electron chi connectivity index (χ4n) is 1.28. The molecule has 1 rings (SSSR count). The first kappa shape index (κ1) is 10.5. The molecule has 0 heterocycles. The van der Waals surface area contributed by atoms with Gasteiger partial charge in [0.1, 0.15) is 0 Å². The Morgan fingerprint density at radius 3 is 3.00 bits per heavy atom. The molecule has 2 nitrogen and oxygen atoms in total. The van der Waals surface area contributed by atoms with Crippen molar-refractivity contribution in [3.05, 3.63) is 42.0 Å². The molecule has 0 aliphatic rings. The lowest BCUT2D eigenvalue weighted by Gasteiger charge is -2.02. The van der Waals surface area contributed by atoms with E-state index in [0.717, 1.165) is 11.1 Å². The Labute approximate surface area is 84.6 Å². The summed E-state index contributed by atoms with van der Waals surface area (Å²) in [5.74, 6) is 0.0636. The van der Waals surface area contributed by atoms with Crippen LogP contribution in [0.5, 0.6) is 0 Å². The molecule has 0 aliphatic carbocycles. The first-order chi connectivity index (χ1) is 6.76. The van der Waals surface area contributed by atoms with Gasteiger partial charge in [0.05, 0.1) is 6.42 Å². The van der Waals surface area contributed by atoms with E-state index in [1.165, 1.54) is 0 Å². The average Bonchev–Trinajstić information content (AvgIpc) is 2.18. The standard InChI is InChI=1S/C12H15NO/c1-3-10-6-5-7-11(8-10)9-12(14)13-4-2/h3,5-8H,1,4,9H2,2H3,(H,13,14). The minimum atomic E-state index is 0.0636. The van der Waals surface area contributed by atoms with E-state index in [1.54, 1.807) is 6.08 Å². The number of hydrogen-bond acceptors (Lipinski definition) is 1. The van der Waals surface area contributed by atoms with Gasteiger partial charge in [-0.15, -0.1) is 0 Å². The summed E-state index contributed by atoms with van der Waals surface area (Å²) in [7, 11) is 0. The molecule has 14 heavy (non-hydrogen) atoms. The van der Waals surface area contributed by atoms with Gasteiger partial charge in [-0.05, 0) is 18.1 Å². The summed E-state index contributed by atoms with van der Waals surface area (Å²) in [5.41, 5.74) is 2.07. The van der Waals surface area contributed by atoms with Crippen molar-refractivity contribution in [1.82, 2.24) is 5.32 Å². The van der Waals surface area contributed by atoms with Gasteiger partial charge in [0.2, 0.25) is 5.91 Å². The second kappa shape index (κ2) is 5.22. The molecule has 0 saturated carbocycles. The van der Waals surface area contributed by atoms with Crippen molar-refractivity contribution in [1.29, 1.82) is 0 Å². The van der Waals surface area contributed by atoms with Gasteiger partial charge >= 0.3 is 0 Å². The summed E-state index contributed by atoms with van der Waals surface area (Å²) in [5, 5.41) is 2.77. The van der Waals surface area contributed by atoms with Crippen molar-refractivity contribution in [2.45, 2.75) is 13.3 Å². The summed E-state index contributed by atoms with van der Waals surface area (Å²) < 4.78 is 0. The predicted octanol–water partition coefficient (Wildman–Crippen LogP) is 2.01. The van der Waals surface area contributed by atoms with E-state index in [2.05, 4.69) is 11.9 Å². The molecule has 1 amide bonds. The Balaban J connectivity index is 2.66. The van der Waals surface area contributed by atoms with Gasteiger partial charge in [-0.3, -0.25) is 4.79 Å². The largest absolute Gasteiger partial charge is 0.356 e. The maximum Gasteiger partial charge on any atom is 0.224 e. The zero-order valence-electron chi connectivity index (χ0n) is 8.42. The van der Waals surface area contributed by atoms with Gasteiger partial charge < -0.3 is 5.32 Å². The Hall–Kier alpha value is -1.57. The Morgan fingerprint density at radius 1 is 1.57 bits per heavy atom. The summed E-state index contributed by atoms with van der Waals surface area (Å²) in [4.78, 5) is 11.3. The molecule has 1 aromatic rings. The Kier molecular flexibility index (Phi) is 3.92. The molecule has 0 aromatic heterocycles. The smallest absolute Gasteiger partial charge is 0.224 e. The normalized spacial score (nSPS) is 9.50. The number of carbonyl (C=O) groups is 1. The lowest BCUT2D eigenvalue weighted by atomic mass is 10.1. The van der Waals surface area contributed by atoms with Crippen LogP contribution in [0.4, 0.5) is 0 Å². The van der Waals surface area contributed by atoms with Crippen LogP contribution >= 0.6 is 0 Å². The summed E-state index contributed by atoms with van der Waals surface area (Å²) in [6.07, 6.45) is 2.22. The number of likely N-dealkylation sites (N-methyl/N-ethyl adjacent to an activating group) is 1. The maximum absolute atomic E-state index is 11.3. The van der Waals surface area contributed by atoms with Crippen LogP contribution in [0.1, 0.15) is 18.1 Å². The van der Waals surface area contributed by atoms with Gasteiger partial charge in [-0.2, -0.15) is 0 Å². The highest BCUT2D eigenvalue weighted by Gasteiger charge is 2.01. The molecule has 0 radical (unpaired) electrons. The van der Waals surface area contributed by atoms with E-state index < -0.39 is 0 Å². The van der Waals surface area contributed by atoms with Gasteiger partial charge in [0.15, 0.2) is 0 Å². The number of hydrogen-bond donors (Lipinski definition) is 1. The third kappa shape index (κ3) is 3.05. The van der Waals surface area contributed by atoms with Gasteiger partial charge in [0.25, 0.3) is 0 Å². The molecule has 1 aromatic carbocycles. The number of nitrogens with one attached hydrogen (secondary N) is 1. The zero-order chi connectivity index (χ0) is 10.4. The first-order valence-corrected chi connectivity index (χ1v) is 4.74. The number of benzene rings is 1. The highest BCUT2D eigenvalue weighted by Crippen LogP contribution is 2.06. The third-order valence-corrected chi connectivity index (χ3v) is 1.93. The Morgan fingerprint density at radius 2 is 2.36 bits per heavy atom. The molecule has 0 atom stereocenters. The molecule has 0 spiro atoms.